The smallest absolute Gasteiger partial charge is 0.320 e. The highest BCUT2D eigenvalue weighted by atomic mass is 19.1. The summed E-state index contributed by atoms with van der Waals surface area (Å²) in [4.78, 5) is 17.0. The first-order chi connectivity index (χ1) is 14.6. The number of anilines is 2. The molecule has 0 spiro atoms. The minimum absolute atomic E-state index is 0.240. The van der Waals surface area contributed by atoms with Gasteiger partial charge in [-0.3, -0.25) is 5.32 Å². The van der Waals surface area contributed by atoms with Gasteiger partial charge in [0.05, 0.1) is 24.0 Å². The van der Waals surface area contributed by atoms with Gasteiger partial charge in [0.25, 0.3) is 0 Å². The molecule has 0 saturated carbocycles. The van der Waals surface area contributed by atoms with Crippen LogP contribution < -0.4 is 16.0 Å². The van der Waals surface area contributed by atoms with Crippen LogP contribution in [-0.2, 0) is 11.2 Å². The number of ether oxygens (including phenoxy) is 1. The Balaban J connectivity index is 0.00000155. The number of halogens is 1. The lowest BCUT2D eigenvalue weighted by Crippen LogP contribution is -2.35. The number of hydrogen-bond acceptors (Lipinski definition) is 5. The molecule has 8 heteroatoms. The molecule has 1 aliphatic rings. The van der Waals surface area contributed by atoms with Gasteiger partial charge in [-0.1, -0.05) is 12.1 Å². The number of nitrogens with zero attached hydrogens (tertiary/aromatic N) is 1. The second-order valence-corrected chi connectivity index (χ2v) is 6.48. The van der Waals surface area contributed by atoms with Crippen molar-refractivity contribution in [2.75, 3.05) is 30.4 Å². The second kappa shape index (κ2) is 11.5. The standard InChI is InChI=1S/C20H24FN5O2.C2H2/c1-2-23-19-14(11-22)10-18-24-16(19)7-4-8-28-12-17(25-20(27)26-18)13-5-3-6-15(21)9-13;1-2/h3,5-6,9-11,17,22-23H,2,4,7-8,12H2,1H3,(H2,24,25,26,27);1-2H/t17-;/m1./s1. The van der Waals surface area contributed by atoms with Crippen LogP contribution in [0.15, 0.2) is 30.3 Å². The van der Waals surface area contributed by atoms with E-state index in [1.807, 2.05) is 6.92 Å². The van der Waals surface area contributed by atoms with Crippen LogP contribution in [0.1, 0.15) is 36.2 Å². The zero-order valence-electron chi connectivity index (χ0n) is 16.9. The Labute approximate surface area is 175 Å². The van der Waals surface area contributed by atoms with E-state index in [1.54, 1.807) is 18.2 Å². The first kappa shape index (κ1) is 22.8. The fourth-order valence-electron chi connectivity index (χ4n) is 3.16. The highest BCUT2D eigenvalue weighted by molar-refractivity contribution is 5.92. The summed E-state index contributed by atoms with van der Waals surface area (Å²) in [5, 5.41) is 16.5. The van der Waals surface area contributed by atoms with Crippen molar-refractivity contribution in [3.8, 4) is 12.8 Å². The van der Waals surface area contributed by atoms with E-state index in [-0.39, 0.29) is 12.4 Å². The molecule has 2 heterocycles. The molecular formula is C22H26FN5O2. The van der Waals surface area contributed by atoms with Gasteiger partial charge >= 0.3 is 6.03 Å². The summed E-state index contributed by atoms with van der Waals surface area (Å²) >= 11 is 0. The van der Waals surface area contributed by atoms with Crippen LogP contribution in [0.2, 0.25) is 0 Å². The van der Waals surface area contributed by atoms with E-state index in [0.29, 0.717) is 36.5 Å². The Bertz CT molecular complexity index is 900. The van der Waals surface area contributed by atoms with Crippen LogP contribution in [0.3, 0.4) is 0 Å². The molecule has 0 saturated heterocycles. The molecule has 2 bridgehead atoms. The molecule has 2 aromatic rings. The fraction of sp³-hybridized carbons (Fsp3) is 0.318. The number of hydrogen-bond donors (Lipinski definition) is 4. The van der Waals surface area contributed by atoms with Crippen molar-refractivity contribution in [2.45, 2.75) is 25.8 Å². The second-order valence-electron chi connectivity index (χ2n) is 6.48. The predicted octanol–water partition coefficient (Wildman–Crippen LogP) is 3.73. The number of aromatic nitrogens is 1. The molecule has 7 nitrogen and oxygen atoms in total. The van der Waals surface area contributed by atoms with Crippen molar-refractivity contribution in [2.24, 2.45) is 0 Å². The Morgan fingerprint density at radius 3 is 2.90 bits per heavy atom. The van der Waals surface area contributed by atoms with E-state index in [2.05, 4.69) is 33.8 Å². The maximum Gasteiger partial charge on any atom is 0.320 e. The third-order valence-corrected chi connectivity index (χ3v) is 4.42. The molecule has 30 heavy (non-hydrogen) atoms. The summed E-state index contributed by atoms with van der Waals surface area (Å²) in [5.74, 6) is -0.00101. The molecule has 3 rings (SSSR count). The quantitative estimate of drug-likeness (QED) is 0.455. The van der Waals surface area contributed by atoms with Crippen molar-refractivity contribution in [3.05, 3.63) is 53.0 Å². The number of aryl methyl sites for hydroxylation is 1. The lowest BCUT2D eigenvalue weighted by Gasteiger charge is -2.22. The zero-order valence-corrected chi connectivity index (χ0v) is 16.9. The number of nitrogens with one attached hydrogen (secondary N) is 4. The molecule has 0 aliphatic carbocycles. The fourth-order valence-corrected chi connectivity index (χ4v) is 3.16. The molecule has 1 aromatic carbocycles. The van der Waals surface area contributed by atoms with Crippen molar-refractivity contribution in [1.29, 1.82) is 5.41 Å². The summed E-state index contributed by atoms with van der Waals surface area (Å²) in [6.07, 6.45) is 10.6. The van der Waals surface area contributed by atoms with Gasteiger partial charge in [-0.2, -0.15) is 0 Å². The number of pyridine rings is 1. The van der Waals surface area contributed by atoms with E-state index < -0.39 is 12.1 Å². The first-order valence-corrected chi connectivity index (χ1v) is 9.63. The average Bonchev–Trinajstić information content (AvgIpc) is 2.74. The Kier molecular flexibility index (Phi) is 8.78. The van der Waals surface area contributed by atoms with Crippen LogP contribution in [-0.4, -0.2) is 37.0 Å². The van der Waals surface area contributed by atoms with E-state index in [0.717, 1.165) is 17.8 Å². The normalized spacial score (nSPS) is 16.4. The minimum atomic E-state index is -0.488. The van der Waals surface area contributed by atoms with Crippen molar-refractivity contribution < 1.29 is 13.9 Å². The van der Waals surface area contributed by atoms with Crippen molar-refractivity contribution >= 4 is 23.8 Å². The number of urea groups is 1. The third-order valence-electron chi connectivity index (χ3n) is 4.42. The number of terminal acetylenes is 1. The van der Waals surface area contributed by atoms with Crippen LogP contribution in [0, 0.1) is 24.1 Å². The summed E-state index contributed by atoms with van der Waals surface area (Å²) in [7, 11) is 0. The molecule has 1 atom stereocenters. The molecule has 0 unspecified atom stereocenters. The van der Waals surface area contributed by atoms with E-state index in [4.69, 9.17) is 10.1 Å². The highest BCUT2D eigenvalue weighted by Crippen LogP contribution is 2.24. The van der Waals surface area contributed by atoms with Gasteiger partial charge in [0.2, 0.25) is 0 Å². The van der Waals surface area contributed by atoms with Crippen LogP contribution >= 0.6 is 0 Å². The van der Waals surface area contributed by atoms with Crippen molar-refractivity contribution in [3.63, 3.8) is 0 Å². The predicted molar refractivity (Wildman–Crippen MR) is 117 cm³/mol. The maximum absolute atomic E-state index is 13.6. The third kappa shape index (κ3) is 6.03. The lowest BCUT2D eigenvalue weighted by atomic mass is 10.1. The molecule has 158 valence electrons. The van der Waals surface area contributed by atoms with E-state index >= 15 is 0 Å². The summed E-state index contributed by atoms with van der Waals surface area (Å²) in [6.45, 7) is 3.40. The molecule has 1 aromatic heterocycles. The van der Waals surface area contributed by atoms with Crippen LogP contribution in [0.25, 0.3) is 0 Å². The Morgan fingerprint density at radius 2 is 2.20 bits per heavy atom. The monoisotopic (exact) mass is 411 g/mol. The zero-order chi connectivity index (χ0) is 21.9. The van der Waals surface area contributed by atoms with Gasteiger partial charge in [-0.15, -0.1) is 12.8 Å². The molecule has 0 fully saturated rings. The number of carbonyl (C=O) groups is 1. The van der Waals surface area contributed by atoms with Gasteiger partial charge in [0.15, 0.2) is 0 Å². The topological polar surface area (TPSA) is 99.1 Å². The van der Waals surface area contributed by atoms with Crippen molar-refractivity contribution in [1.82, 2.24) is 10.3 Å². The van der Waals surface area contributed by atoms with Gasteiger partial charge in [0, 0.05) is 24.9 Å². The molecule has 1 aliphatic heterocycles. The summed E-state index contributed by atoms with van der Waals surface area (Å²) in [5.41, 5.74) is 2.87. The number of rotatable bonds is 4. The highest BCUT2D eigenvalue weighted by Gasteiger charge is 2.19. The minimum Gasteiger partial charge on any atom is -0.383 e. The lowest BCUT2D eigenvalue weighted by molar-refractivity contribution is 0.111. The van der Waals surface area contributed by atoms with Crippen LogP contribution in [0.4, 0.5) is 20.7 Å². The van der Waals surface area contributed by atoms with Crippen LogP contribution in [0.5, 0.6) is 0 Å². The number of fused-ring (bicyclic) bond motifs is 2. The Hall–Kier alpha value is -3.44. The van der Waals surface area contributed by atoms with Gasteiger partial charge in [0.1, 0.15) is 11.6 Å². The number of benzene rings is 1. The molecule has 4 N–H and O–H groups in total. The van der Waals surface area contributed by atoms with E-state index in [9.17, 15) is 9.18 Å². The average molecular weight is 411 g/mol. The van der Waals surface area contributed by atoms with Gasteiger partial charge in [-0.05, 0) is 43.5 Å². The number of amides is 2. The summed E-state index contributed by atoms with van der Waals surface area (Å²) in [6, 6.07) is 6.79. The number of carbonyl (C=O) groups excluding carboxylic acids is 1. The van der Waals surface area contributed by atoms with Gasteiger partial charge in [-0.25, -0.2) is 14.2 Å². The molecular weight excluding hydrogens is 385 g/mol. The molecule has 0 radical (unpaired) electrons. The Morgan fingerprint density at radius 1 is 1.40 bits per heavy atom. The summed E-state index contributed by atoms with van der Waals surface area (Å²) < 4.78 is 19.3. The molecule has 2 amide bonds. The van der Waals surface area contributed by atoms with Gasteiger partial charge < -0.3 is 20.8 Å². The SMILES string of the molecule is C#C.CCNc1c(C=N)cc2nc1CCCOC[C@H](c1cccc(F)c1)NC(=O)N2. The first-order valence-electron chi connectivity index (χ1n) is 9.63. The van der Waals surface area contributed by atoms with E-state index in [1.165, 1.54) is 18.3 Å². The largest absolute Gasteiger partial charge is 0.383 e. The maximum atomic E-state index is 13.6.